The van der Waals surface area contributed by atoms with Crippen molar-refractivity contribution in [1.82, 2.24) is 10.2 Å². The van der Waals surface area contributed by atoms with Gasteiger partial charge in [-0.3, -0.25) is 0 Å². The summed E-state index contributed by atoms with van der Waals surface area (Å²) in [5, 5.41) is 2.69. The molecule has 2 rings (SSSR count). The molecule has 22 heavy (non-hydrogen) atoms. The van der Waals surface area contributed by atoms with Gasteiger partial charge in [0, 0.05) is 38.4 Å². The first-order valence-electron chi connectivity index (χ1n) is 6.97. The van der Waals surface area contributed by atoms with E-state index in [0.717, 1.165) is 12.1 Å². The quantitative estimate of drug-likeness (QED) is 0.871. The van der Waals surface area contributed by atoms with Crippen LogP contribution in [0, 0.1) is 0 Å². The molecule has 7 heteroatoms. The number of anilines is 1. The van der Waals surface area contributed by atoms with Crippen LogP contribution in [0.2, 0.25) is 0 Å². The lowest BCUT2D eigenvalue weighted by molar-refractivity contribution is -0.137. The van der Waals surface area contributed by atoms with Crippen molar-refractivity contribution in [3.63, 3.8) is 0 Å². The number of amides is 2. The topological polar surface area (TPSA) is 35.6 Å². The summed E-state index contributed by atoms with van der Waals surface area (Å²) >= 11 is 0. The van der Waals surface area contributed by atoms with Crippen LogP contribution in [0.25, 0.3) is 0 Å². The van der Waals surface area contributed by atoms with Crippen LogP contribution in [0.4, 0.5) is 23.7 Å². The molecule has 0 atom stereocenters. The largest absolute Gasteiger partial charge is 0.416 e. The molecular formula is C15H18F3N3O. The average Bonchev–Trinajstić information content (AvgIpc) is 2.52. The lowest BCUT2D eigenvalue weighted by Gasteiger charge is -2.36. The van der Waals surface area contributed by atoms with Crippen LogP contribution < -0.4 is 10.2 Å². The molecule has 120 valence electrons. The summed E-state index contributed by atoms with van der Waals surface area (Å²) in [5.41, 5.74) is -0.128. The first kappa shape index (κ1) is 16.2. The fourth-order valence-electron chi connectivity index (χ4n) is 2.32. The van der Waals surface area contributed by atoms with E-state index < -0.39 is 11.7 Å². The van der Waals surface area contributed by atoms with Gasteiger partial charge in [0.05, 0.1) is 5.56 Å². The van der Waals surface area contributed by atoms with Gasteiger partial charge in [-0.05, 0) is 18.2 Å². The van der Waals surface area contributed by atoms with E-state index in [2.05, 4.69) is 11.9 Å². The number of carbonyl (C=O) groups excluding carboxylic acids is 1. The molecular weight excluding hydrogens is 295 g/mol. The molecule has 1 aromatic carbocycles. The monoisotopic (exact) mass is 313 g/mol. The predicted octanol–water partition coefficient (Wildman–Crippen LogP) is 2.72. The zero-order chi connectivity index (χ0) is 16.2. The minimum absolute atomic E-state index is 0.177. The number of nitrogens with one attached hydrogen (secondary N) is 1. The van der Waals surface area contributed by atoms with Gasteiger partial charge in [0.2, 0.25) is 0 Å². The van der Waals surface area contributed by atoms with Crippen molar-refractivity contribution >= 4 is 11.7 Å². The first-order chi connectivity index (χ1) is 10.4. The van der Waals surface area contributed by atoms with Crippen molar-refractivity contribution in [1.29, 1.82) is 0 Å². The maximum absolute atomic E-state index is 12.7. The van der Waals surface area contributed by atoms with Crippen molar-refractivity contribution in [2.45, 2.75) is 6.18 Å². The average molecular weight is 313 g/mol. The smallest absolute Gasteiger partial charge is 0.368 e. The van der Waals surface area contributed by atoms with Crippen molar-refractivity contribution in [3.05, 3.63) is 42.5 Å². The Balaban J connectivity index is 1.97. The van der Waals surface area contributed by atoms with Gasteiger partial charge in [0.1, 0.15) is 0 Å². The third-order valence-electron chi connectivity index (χ3n) is 3.50. The highest BCUT2D eigenvalue weighted by molar-refractivity contribution is 5.74. The summed E-state index contributed by atoms with van der Waals surface area (Å²) in [7, 11) is 0. The second-order valence-electron chi connectivity index (χ2n) is 5.00. The van der Waals surface area contributed by atoms with Gasteiger partial charge in [-0.1, -0.05) is 12.1 Å². The summed E-state index contributed by atoms with van der Waals surface area (Å²) in [6.45, 7) is 5.87. The molecule has 0 unspecified atom stereocenters. The van der Waals surface area contributed by atoms with Gasteiger partial charge in [-0.15, -0.1) is 6.58 Å². The number of piperazine rings is 1. The zero-order valence-corrected chi connectivity index (χ0v) is 12.1. The highest BCUT2D eigenvalue weighted by Gasteiger charge is 2.31. The molecule has 1 N–H and O–H groups in total. The van der Waals surface area contributed by atoms with Crippen LogP contribution in [0.5, 0.6) is 0 Å². The van der Waals surface area contributed by atoms with E-state index in [0.29, 0.717) is 38.4 Å². The molecule has 1 aromatic rings. The van der Waals surface area contributed by atoms with Crippen LogP contribution in [-0.2, 0) is 6.18 Å². The fraction of sp³-hybridized carbons (Fsp3) is 0.400. The van der Waals surface area contributed by atoms with Crippen LogP contribution in [0.15, 0.2) is 36.9 Å². The maximum atomic E-state index is 12.7. The third-order valence-corrected chi connectivity index (χ3v) is 3.50. The van der Waals surface area contributed by atoms with E-state index in [4.69, 9.17) is 0 Å². The minimum atomic E-state index is -4.34. The molecule has 1 aliphatic rings. The number of urea groups is 1. The second-order valence-corrected chi connectivity index (χ2v) is 5.00. The summed E-state index contributed by atoms with van der Waals surface area (Å²) in [6, 6.07) is 5.09. The van der Waals surface area contributed by atoms with E-state index in [1.807, 2.05) is 4.90 Å². The molecule has 0 aliphatic carbocycles. The Morgan fingerprint density at radius 2 is 1.95 bits per heavy atom. The lowest BCUT2D eigenvalue weighted by atomic mass is 10.1. The second kappa shape index (κ2) is 6.72. The summed E-state index contributed by atoms with van der Waals surface area (Å²) in [6.07, 6.45) is -2.75. The molecule has 0 spiro atoms. The molecule has 2 amide bonds. The van der Waals surface area contributed by atoms with E-state index >= 15 is 0 Å². The van der Waals surface area contributed by atoms with Gasteiger partial charge in [-0.25, -0.2) is 4.79 Å². The first-order valence-corrected chi connectivity index (χ1v) is 6.97. The predicted molar refractivity (Wildman–Crippen MR) is 78.8 cm³/mol. The molecule has 0 bridgehead atoms. The molecule has 1 heterocycles. The Hall–Kier alpha value is -2.18. The molecule has 1 fully saturated rings. The molecule has 1 aliphatic heterocycles. The van der Waals surface area contributed by atoms with Crippen LogP contribution in [0.1, 0.15) is 5.56 Å². The number of hydrogen-bond acceptors (Lipinski definition) is 2. The van der Waals surface area contributed by atoms with Crippen LogP contribution >= 0.6 is 0 Å². The number of nitrogens with zero attached hydrogens (tertiary/aromatic N) is 2. The Morgan fingerprint density at radius 3 is 2.55 bits per heavy atom. The Kier molecular flexibility index (Phi) is 4.95. The highest BCUT2D eigenvalue weighted by Crippen LogP contribution is 2.31. The normalized spacial score (nSPS) is 15.6. The zero-order valence-electron chi connectivity index (χ0n) is 12.1. The van der Waals surface area contributed by atoms with Gasteiger partial charge in [0.15, 0.2) is 0 Å². The van der Waals surface area contributed by atoms with E-state index in [-0.39, 0.29) is 6.03 Å². The van der Waals surface area contributed by atoms with Crippen LogP contribution in [0.3, 0.4) is 0 Å². The number of hydrogen-bond donors (Lipinski definition) is 1. The molecule has 1 saturated heterocycles. The Labute approximate surface area is 127 Å². The number of benzene rings is 1. The minimum Gasteiger partial charge on any atom is -0.368 e. The standard InChI is InChI=1S/C15H18F3N3O/c1-2-6-19-14(22)21-9-7-20(8-10-21)13-5-3-4-12(11-13)15(16,17)18/h2-5,11H,1,6-10H2,(H,19,22). The molecule has 0 aromatic heterocycles. The summed E-state index contributed by atoms with van der Waals surface area (Å²) in [5.74, 6) is 0. The highest BCUT2D eigenvalue weighted by atomic mass is 19.4. The van der Waals surface area contributed by atoms with E-state index in [9.17, 15) is 18.0 Å². The van der Waals surface area contributed by atoms with Crippen molar-refractivity contribution < 1.29 is 18.0 Å². The Bertz CT molecular complexity index is 537. The fourth-order valence-corrected chi connectivity index (χ4v) is 2.32. The van der Waals surface area contributed by atoms with Crippen LogP contribution in [-0.4, -0.2) is 43.7 Å². The summed E-state index contributed by atoms with van der Waals surface area (Å²) < 4.78 is 38.2. The maximum Gasteiger partial charge on any atom is 0.416 e. The summed E-state index contributed by atoms with van der Waals surface area (Å²) in [4.78, 5) is 15.3. The van der Waals surface area contributed by atoms with Crippen molar-refractivity contribution in [2.75, 3.05) is 37.6 Å². The van der Waals surface area contributed by atoms with E-state index in [1.165, 1.54) is 6.07 Å². The number of alkyl halides is 3. The van der Waals surface area contributed by atoms with Gasteiger partial charge < -0.3 is 15.1 Å². The van der Waals surface area contributed by atoms with Gasteiger partial charge >= 0.3 is 12.2 Å². The number of rotatable bonds is 3. The third kappa shape index (κ3) is 3.93. The van der Waals surface area contributed by atoms with Crippen molar-refractivity contribution in [3.8, 4) is 0 Å². The van der Waals surface area contributed by atoms with E-state index in [1.54, 1.807) is 17.0 Å². The molecule has 4 nitrogen and oxygen atoms in total. The SMILES string of the molecule is C=CCNC(=O)N1CCN(c2cccc(C(F)(F)F)c2)CC1. The van der Waals surface area contributed by atoms with Gasteiger partial charge in [0.25, 0.3) is 0 Å². The lowest BCUT2D eigenvalue weighted by Crippen LogP contribution is -2.51. The van der Waals surface area contributed by atoms with Gasteiger partial charge in [-0.2, -0.15) is 13.2 Å². The molecule has 0 radical (unpaired) electrons. The molecule has 0 saturated carbocycles. The Morgan fingerprint density at radius 1 is 1.27 bits per heavy atom. The number of halogens is 3. The van der Waals surface area contributed by atoms with Crippen molar-refractivity contribution in [2.24, 2.45) is 0 Å². The number of carbonyl (C=O) groups is 1.